The number of hydrogen-bond acceptors (Lipinski definition) is 6. The van der Waals surface area contributed by atoms with Gasteiger partial charge >= 0.3 is 0 Å². The Kier molecular flexibility index (Phi) is 5.52. The third-order valence-electron chi connectivity index (χ3n) is 4.84. The summed E-state index contributed by atoms with van der Waals surface area (Å²) in [5, 5.41) is 6.44. The van der Waals surface area contributed by atoms with Crippen molar-refractivity contribution in [2.75, 3.05) is 18.4 Å². The number of benzene rings is 1. The van der Waals surface area contributed by atoms with Crippen molar-refractivity contribution in [2.45, 2.75) is 31.6 Å². The summed E-state index contributed by atoms with van der Waals surface area (Å²) in [6.45, 7) is 3.56. The molecule has 3 rings (SSSR count). The number of nitrogens with zero attached hydrogens (tertiary/aromatic N) is 2. The maximum Gasteiger partial charge on any atom is 0.250 e. The lowest BCUT2D eigenvalue weighted by molar-refractivity contribution is -0.120. The second-order valence-corrected chi connectivity index (χ2v) is 8.61. The lowest BCUT2D eigenvalue weighted by Crippen LogP contribution is -2.41. The second-order valence-electron chi connectivity index (χ2n) is 6.73. The van der Waals surface area contributed by atoms with E-state index in [9.17, 15) is 18.0 Å². The zero-order chi connectivity index (χ0) is 20.5. The number of aromatic nitrogens is 1. The number of hydrogen-bond donors (Lipinski definition) is 2. The maximum absolute atomic E-state index is 12.9. The topological polar surface area (TPSA) is 136 Å². The lowest BCUT2D eigenvalue weighted by atomic mass is 9.97. The first-order valence-electron chi connectivity index (χ1n) is 8.84. The van der Waals surface area contributed by atoms with Crippen LogP contribution < -0.4 is 11.1 Å². The standard InChI is InChI=1S/C18H22N4O5S/c1-11-16(12(2)27-21-11)28(25,26)22-9-7-13(8-10-22)18(24)20-15-6-4-3-5-14(15)17(19)23/h3-6,13H,7-10H2,1-2H3,(H2,19,23)(H,20,24). The van der Waals surface area contributed by atoms with Gasteiger partial charge in [0, 0.05) is 19.0 Å². The summed E-state index contributed by atoms with van der Waals surface area (Å²) in [6, 6.07) is 6.50. The van der Waals surface area contributed by atoms with Crippen LogP contribution in [0.4, 0.5) is 5.69 Å². The highest BCUT2D eigenvalue weighted by atomic mass is 32.2. The Balaban J connectivity index is 1.67. The van der Waals surface area contributed by atoms with Gasteiger partial charge in [-0.3, -0.25) is 9.59 Å². The number of carbonyl (C=O) groups excluding carboxylic acids is 2. The first-order valence-corrected chi connectivity index (χ1v) is 10.3. The Morgan fingerprint density at radius 1 is 1.21 bits per heavy atom. The molecule has 9 nitrogen and oxygen atoms in total. The zero-order valence-electron chi connectivity index (χ0n) is 15.6. The summed E-state index contributed by atoms with van der Waals surface area (Å²) in [4.78, 5) is 24.2. The number of para-hydroxylation sites is 1. The van der Waals surface area contributed by atoms with Crippen LogP contribution in [0.3, 0.4) is 0 Å². The molecular weight excluding hydrogens is 384 g/mol. The molecule has 1 aromatic carbocycles. The van der Waals surface area contributed by atoms with Gasteiger partial charge in [0.1, 0.15) is 10.6 Å². The normalized spacial score (nSPS) is 16.1. The first-order chi connectivity index (χ1) is 13.2. The molecule has 2 heterocycles. The van der Waals surface area contributed by atoms with Crippen molar-refractivity contribution in [3.05, 3.63) is 41.3 Å². The number of nitrogens with two attached hydrogens (primary N) is 1. The van der Waals surface area contributed by atoms with Crippen molar-refractivity contribution in [1.82, 2.24) is 9.46 Å². The molecule has 2 aromatic rings. The van der Waals surface area contributed by atoms with Crippen molar-refractivity contribution in [1.29, 1.82) is 0 Å². The summed E-state index contributed by atoms with van der Waals surface area (Å²) in [5.74, 6) is -1.00. The van der Waals surface area contributed by atoms with E-state index in [0.29, 0.717) is 24.2 Å². The average Bonchev–Trinajstić information content (AvgIpc) is 3.01. The second kappa shape index (κ2) is 7.72. The predicted molar refractivity (Wildman–Crippen MR) is 101 cm³/mol. The quantitative estimate of drug-likeness (QED) is 0.771. The molecular formula is C18H22N4O5S. The lowest BCUT2D eigenvalue weighted by Gasteiger charge is -2.30. The fourth-order valence-electron chi connectivity index (χ4n) is 3.37. The van der Waals surface area contributed by atoms with Gasteiger partial charge in [-0.15, -0.1) is 0 Å². The minimum Gasteiger partial charge on any atom is -0.366 e. The third kappa shape index (κ3) is 3.78. The molecule has 150 valence electrons. The number of rotatable bonds is 5. The fraction of sp³-hybridized carbons (Fsp3) is 0.389. The van der Waals surface area contributed by atoms with Gasteiger partial charge in [-0.1, -0.05) is 17.3 Å². The monoisotopic (exact) mass is 406 g/mol. The molecule has 0 atom stereocenters. The average molecular weight is 406 g/mol. The molecule has 0 aliphatic carbocycles. The minimum atomic E-state index is -3.72. The van der Waals surface area contributed by atoms with Crippen LogP contribution in [0.1, 0.15) is 34.7 Å². The van der Waals surface area contributed by atoms with Gasteiger partial charge in [0.05, 0.1) is 11.3 Å². The molecule has 1 aliphatic rings. The Hall–Kier alpha value is -2.72. The van der Waals surface area contributed by atoms with Crippen LogP contribution in [0.5, 0.6) is 0 Å². The summed E-state index contributed by atoms with van der Waals surface area (Å²) in [7, 11) is -3.72. The zero-order valence-corrected chi connectivity index (χ0v) is 16.5. The number of amides is 2. The molecule has 2 amide bonds. The van der Waals surface area contributed by atoms with E-state index in [1.54, 1.807) is 32.0 Å². The van der Waals surface area contributed by atoms with Crippen LogP contribution in [-0.2, 0) is 14.8 Å². The number of primary amides is 1. The molecule has 3 N–H and O–H groups in total. The largest absolute Gasteiger partial charge is 0.366 e. The van der Waals surface area contributed by atoms with E-state index in [1.165, 1.54) is 10.4 Å². The molecule has 0 saturated carbocycles. The van der Waals surface area contributed by atoms with E-state index in [-0.39, 0.29) is 41.1 Å². The maximum atomic E-state index is 12.9. The number of carbonyl (C=O) groups is 2. The van der Waals surface area contributed by atoms with Crippen molar-refractivity contribution >= 4 is 27.5 Å². The molecule has 0 unspecified atom stereocenters. The number of sulfonamides is 1. The molecule has 0 radical (unpaired) electrons. The van der Waals surface area contributed by atoms with E-state index in [4.69, 9.17) is 10.3 Å². The van der Waals surface area contributed by atoms with E-state index in [2.05, 4.69) is 10.5 Å². The van der Waals surface area contributed by atoms with Gasteiger partial charge in [-0.05, 0) is 38.8 Å². The first kappa shape index (κ1) is 20.0. The SMILES string of the molecule is Cc1noc(C)c1S(=O)(=O)N1CCC(C(=O)Nc2ccccc2C(N)=O)CC1. The summed E-state index contributed by atoms with van der Waals surface area (Å²) < 4.78 is 32.0. The van der Waals surface area contributed by atoms with Gasteiger partial charge in [0.25, 0.3) is 5.91 Å². The van der Waals surface area contributed by atoms with Crippen LogP contribution in [0.25, 0.3) is 0 Å². The van der Waals surface area contributed by atoms with Crippen LogP contribution in [0.2, 0.25) is 0 Å². The van der Waals surface area contributed by atoms with Gasteiger partial charge in [0.2, 0.25) is 15.9 Å². The van der Waals surface area contributed by atoms with Crippen LogP contribution in [-0.4, -0.2) is 42.8 Å². The van der Waals surface area contributed by atoms with Gasteiger partial charge in [-0.25, -0.2) is 8.42 Å². The van der Waals surface area contributed by atoms with Gasteiger partial charge in [0.15, 0.2) is 5.76 Å². The molecule has 10 heteroatoms. The van der Waals surface area contributed by atoms with E-state index in [0.717, 1.165) is 0 Å². The minimum absolute atomic E-state index is 0.0887. The predicted octanol–water partition coefficient (Wildman–Crippen LogP) is 1.43. The Morgan fingerprint density at radius 2 is 1.86 bits per heavy atom. The molecule has 0 bridgehead atoms. The third-order valence-corrected chi connectivity index (χ3v) is 6.98. The van der Waals surface area contributed by atoms with E-state index >= 15 is 0 Å². The number of piperidine rings is 1. The van der Waals surface area contributed by atoms with Crippen molar-refractivity contribution in [3.8, 4) is 0 Å². The number of nitrogens with one attached hydrogen (secondary N) is 1. The summed E-state index contributed by atoms with van der Waals surface area (Å²) >= 11 is 0. The van der Waals surface area contributed by atoms with Crippen LogP contribution in [0, 0.1) is 19.8 Å². The van der Waals surface area contributed by atoms with Crippen molar-refractivity contribution in [2.24, 2.45) is 11.7 Å². The molecule has 1 aromatic heterocycles. The molecule has 1 saturated heterocycles. The summed E-state index contributed by atoms with van der Waals surface area (Å²) in [5.41, 5.74) is 6.23. The van der Waals surface area contributed by atoms with Crippen LogP contribution in [0.15, 0.2) is 33.7 Å². The summed E-state index contributed by atoms with van der Waals surface area (Å²) in [6.07, 6.45) is 0.736. The highest BCUT2D eigenvalue weighted by Gasteiger charge is 2.35. The molecule has 28 heavy (non-hydrogen) atoms. The Bertz CT molecular complexity index is 987. The number of aryl methyl sites for hydroxylation is 2. The van der Waals surface area contributed by atoms with Crippen molar-refractivity contribution in [3.63, 3.8) is 0 Å². The molecule has 1 aliphatic heterocycles. The van der Waals surface area contributed by atoms with E-state index in [1.807, 2.05) is 0 Å². The van der Waals surface area contributed by atoms with E-state index < -0.39 is 15.9 Å². The highest BCUT2D eigenvalue weighted by molar-refractivity contribution is 7.89. The smallest absolute Gasteiger partial charge is 0.250 e. The van der Waals surface area contributed by atoms with Gasteiger partial charge in [-0.2, -0.15) is 4.31 Å². The van der Waals surface area contributed by atoms with Crippen molar-refractivity contribution < 1.29 is 22.5 Å². The Labute approximate surface area is 162 Å². The fourth-order valence-corrected chi connectivity index (χ4v) is 5.13. The molecule has 0 spiro atoms. The highest BCUT2D eigenvalue weighted by Crippen LogP contribution is 2.28. The number of anilines is 1. The van der Waals surface area contributed by atoms with Gasteiger partial charge < -0.3 is 15.6 Å². The van der Waals surface area contributed by atoms with Crippen LogP contribution >= 0.6 is 0 Å². The Morgan fingerprint density at radius 3 is 2.43 bits per heavy atom. The molecule has 1 fully saturated rings.